The number of hydrogen-bond donors (Lipinski definition) is 1. The van der Waals surface area contributed by atoms with Crippen LogP contribution in [0.15, 0.2) is 36.4 Å². The third-order valence-electron chi connectivity index (χ3n) is 4.53. The first kappa shape index (κ1) is 19.0. The Labute approximate surface area is 158 Å². The topological polar surface area (TPSA) is 84.9 Å². The Balaban J connectivity index is 1.79. The second-order valence-corrected chi connectivity index (χ2v) is 8.26. The predicted octanol–water partition coefficient (Wildman–Crippen LogP) is 2.80. The summed E-state index contributed by atoms with van der Waals surface area (Å²) >= 11 is 0. The Bertz CT molecular complexity index is 930. The number of carbonyl (C=O) groups is 1. The number of sulfonamides is 1. The van der Waals surface area contributed by atoms with Crippen molar-refractivity contribution in [1.29, 1.82) is 0 Å². The molecule has 27 heavy (non-hydrogen) atoms. The minimum atomic E-state index is -3.22. The van der Waals surface area contributed by atoms with E-state index in [-0.39, 0.29) is 11.7 Å². The molecule has 1 aliphatic rings. The molecule has 1 heterocycles. The number of amides is 1. The van der Waals surface area contributed by atoms with Crippen molar-refractivity contribution in [2.45, 2.75) is 13.3 Å². The van der Waals surface area contributed by atoms with Crippen molar-refractivity contribution < 1.29 is 22.7 Å². The van der Waals surface area contributed by atoms with Crippen molar-refractivity contribution in [2.24, 2.45) is 0 Å². The summed E-state index contributed by atoms with van der Waals surface area (Å²) in [6, 6.07) is 10.0. The van der Waals surface area contributed by atoms with E-state index in [1.54, 1.807) is 36.4 Å². The highest BCUT2D eigenvalue weighted by Gasteiger charge is 2.28. The lowest BCUT2D eigenvalue weighted by atomic mass is 10.1. The van der Waals surface area contributed by atoms with E-state index < -0.39 is 10.0 Å². The van der Waals surface area contributed by atoms with Gasteiger partial charge in [0.15, 0.2) is 0 Å². The minimum absolute atomic E-state index is 0.169. The highest BCUT2D eigenvalue weighted by molar-refractivity contribution is 7.93. The molecule has 0 bridgehead atoms. The summed E-state index contributed by atoms with van der Waals surface area (Å²) in [7, 11) is -0.148. The van der Waals surface area contributed by atoms with E-state index >= 15 is 0 Å². The average Bonchev–Trinajstić information content (AvgIpc) is 3.01. The van der Waals surface area contributed by atoms with Crippen molar-refractivity contribution in [2.75, 3.05) is 36.1 Å². The van der Waals surface area contributed by atoms with Crippen LogP contribution in [0.1, 0.15) is 22.3 Å². The third-order valence-corrected chi connectivity index (χ3v) is 6.40. The highest BCUT2D eigenvalue weighted by Crippen LogP contribution is 2.30. The summed E-state index contributed by atoms with van der Waals surface area (Å²) in [5, 5.41) is 2.80. The van der Waals surface area contributed by atoms with Crippen molar-refractivity contribution in [3.8, 4) is 11.5 Å². The minimum Gasteiger partial charge on any atom is -0.496 e. The van der Waals surface area contributed by atoms with Crippen LogP contribution in [0.25, 0.3) is 0 Å². The maximum Gasteiger partial charge on any atom is 0.255 e. The van der Waals surface area contributed by atoms with Crippen LogP contribution in [0.5, 0.6) is 11.5 Å². The van der Waals surface area contributed by atoms with E-state index in [1.165, 1.54) is 18.5 Å². The molecule has 0 unspecified atom stereocenters. The summed E-state index contributed by atoms with van der Waals surface area (Å²) in [5.41, 5.74) is 2.39. The average molecular weight is 390 g/mol. The molecule has 0 aromatic heterocycles. The van der Waals surface area contributed by atoms with Gasteiger partial charge < -0.3 is 14.8 Å². The molecule has 2 aromatic rings. The Morgan fingerprint density at radius 3 is 2.15 bits per heavy atom. The summed E-state index contributed by atoms with van der Waals surface area (Å²) < 4.78 is 36.0. The second-order valence-electron chi connectivity index (χ2n) is 6.25. The van der Waals surface area contributed by atoms with E-state index in [0.29, 0.717) is 41.4 Å². The van der Waals surface area contributed by atoms with Crippen LogP contribution in [0, 0.1) is 6.92 Å². The van der Waals surface area contributed by atoms with Gasteiger partial charge in [-0.25, -0.2) is 8.42 Å². The first-order chi connectivity index (χ1) is 12.9. The third kappa shape index (κ3) is 3.85. The van der Waals surface area contributed by atoms with Crippen molar-refractivity contribution in [3.05, 3.63) is 47.5 Å². The molecule has 2 aromatic carbocycles. The molecular weight excluding hydrogens is 368 g/mol. The molecule has 1 amide bonds. The van der Waals surface area contributed by atoms with Gasteiger partial charge in [-0.15, -0.1) is 0 Å². The van der Waals surface area contributed by atoms with Crippen molar-refractivity contribution in [1.82, 2.24) is 0 Å². The van der Waals surface area contributed by atoms with Crippen LogP contribution in [0.2, 0.25) is 0 Å². The molecule has 1 saturated heterocycles. The molecule has 8 heteroatoms. The Morgan fingerprint density at radius 1 is 1.07 bits per heavy atom. The number of nitrogens with one attached hydrogen (secondary N) is 1. The summed E-state index contributed by atoms with van der Waals surface area (Å²) in [4.78, 5) is 12.6. The SMILES string of the molecule is COc1cc(C(=O)Nc2ccc(N3CCCS3(=O)=O)cc2)cc(OC)c1C. The molecule has 0 saturated carbocycles. The second kappa shape index (κ2) is 7.48. The number of carbonyl (C=O) groups excluding carboxylic acids is 1. The van der Waals surface area contributed by atoms with Gasteiger partial charge in [0.1, 0.15) is 11.5 Å². The first-order valence-corrected chi connectivity index (χ1v) is 10.1. The fourth-order valence-electron chi connectivity index (χ4n) is 3.06. The van der Waals surface area contributed by atoms with Gasteiger partial charge in [-0.3, -0.25) is 9.10 Å². The van der Waals surface area contributed by atoms with Gasteiger partial charge in [-0.1, -0.05) is 0 Å². The van der Waals surface area contributed by atoms with Crippen molar-refractivity contribution >= 4 is 27.3 Å². The van der Waals surface area contributed by atoms with Gasteiger partial charge in [-0.2, -0.15) is 0 Å². The molecule has 0 radical (unpaired) electrons. The summed E-state index contributed by atoms with van der Waals surface area (Å²) in [6.07, 6.45) is 0.623. The van der Waals surface area contributed by atoms with Crippen molar-refractivity contribution in [3.63, 3.8) is 0 Å². The lowest BCUT2D eigenvalue weighted by molar-refractivity contribution is 0.102. The van der Waals surface area contributed by atoms with Crippen LogP contribution in [-0.4, -0.2) is 40.8 Å². The molecule has 0 atom stereocenters. The van der Waals surface area contributed by atoms with Crippen LogP contribution < -0.4 is 19.1 Å². The number of ether oxygens (including phenoxy) is 2. The van der Waals surface area contributed by atoms with E-state index in [0.717, 1.165) is 5.56 Å². The van der Waals surface area contributed by atoms with Gasteiger partial charge in [0.2, 0.25) is 10.0 Å². The molecule has 144 valence electrons. The fourth-order valence-corrected chi connectivity index (χ4v) is 4.63. The molecule has 0 spiro atoms. The highest BCUT2D eigenvalue weighted by atomic mass is 32.2. The van der Waals surface area contributed by atoms with Crippen LogP contribution in [-0.2, 0) is 10.0 Å². The largest absolute Gasteiger partial charge is 0.496 e. The van der Waals surface area contributed by atoms with E-state index in [1.807, 2.05) is 6.92 Å². The zero-order valence-corrected chi connectivity index (χ0v) is 16.3. The molecular formula is C19H22N2O5S. The van der Waals surface area contributed by atoms with Gasteiger partial charge >= 0.3 is 0 Å². The molecule has 0 aliphatic carbocycles. The monoisotopic (exact) mass is 390 g/mol. The van der Waals surface area contributed by atoms with Gasteiger partial charge in [0.05, 0.1) is 25.7 Å². The Kier molecular flexibility index (Phi) is 5.27. The fraction of sp³-hybridized carbons (Fsp3) is 0.316. The van der Waals surface area contributed by atoms with Crippen LogP contribution >= 0.6 is 0 Å². The first-order valence-electron chi connectivity index (χ1n) is 8.50. The number of benzene rings is 2. The molecule has 1 N–H and O–H groups in total. The van der Waals surface area contributed by atoms with Crippen LogP contribution in [0.3, 0.4) is 0 Å². The zero-order valence-electron chi connectivity index (χ0n) is 15.5. The quantitative estimate of drug-likeness (QED) is 0.849. The number of anilines is 2. The lowest BCUT2D eigenvalue weighted by Crippen LogP contribution is -2.25. The summed E-state index contributed by atoms with van der Waals surface area (Å²) in [5.74, 6) is 0.985. The molecule has 1 fully saturated rings. The van der Waals surface area contributed by atoms with E-state index in [4.69, 9.17) is 9.47 Å². The number of methoxy groups -OCH3 is 2. The Morgan fingerprint density at radius 2 is 1.67 bits per heavy atom. The molecule has 7 nitrogen and oxygen atoms in total. The zero-order chi connectivity index (χ0) is 19.6. The van der Waals surface area contributed by atoms with Gasteiger partial charge in [-0.05, 0) is 49.7 Å². The number of hydrogen-bond acceptors (Lipinski definition) is 5. The number of nitrogens with zero attached hydrogens (tertiary/aromatic N) is 1. The van der Waals surface area contributed by atoms with E-state index in [9.17, 15) is 13.2 Å². The lowest BCUT2D eigenvalue weighted by Gasteiger charge is -2.17. The van der Waals surface area contributed by atoms with Gasteiger partial charge in [0.25, 0.3) is 5.91 Å². The normalized spacial score (nSPS) is 15.4. The standard InChI is InChI=1S/C19H22N2O5S/c1-13-17(25-2)11-14(12-18(13)26-3)19(22)20-15-5-7-16(8-6-15)21-9-4-10-27(21,23)24/h5-8,11-12H,4,9-10H2,1-3H3,(H,20,22). The smallest absolute Gasteiger partial charge is 0.255 e. The maximum absolute atomic E-state index is 12.6. The van der Waals surface area contributed by atoms with E-state index in [2.05, 4.69) is 5.32 Å². The predicted molar refractivity (Wildman–Crippen MR) is 104 cm³/mol. The van der Waals surface area contributed by atoms with Crippen LogP contribution in [0.4, 0.5) is 11.4 Å². The summed E-state index contributed by atoms with van der Waals surface area (Å²) in [6.45, 7) is 2.33. The Hall–Kier alpha value is -2.74. The van der Waals surface area contributed by atoms with Gasteiger partial charge in [0, 0.05) is 23.4 Å². The molecule has 3 rings (SSSR count). The molecule has 1 aliphatic heterocycles. The number of rotatable bonds is 5. The maximum atomic E-state index is 12.6.